The van der Waals surface area contributed by atoms with Gasteiger partial charge in [0.25, 0.3) is 0 Å². The van der Waals surface area contributed by atoms with Gasteiger partial charge in [-0.15, -0.1) is 0 Å². The molecule has 0 saturated heterocycles. The van der Waals surface area contributed by atoms with Gasteiger partial charge in [-0.2, -0.15) is 0 Å². The molecule has 0 spiro atoms. The largest absolute Gasteiger partial charge is 0.456 e. The van der Waals surface area contributed by atoms with Crippen LogP contribution >= 0.6 is 0 Å². The van der Waals surface area contributed by atoms with Crippen LogP contribution in [-0.4, -0.2) is 44.4 Å². The molecular weight excluding hydrogens is 1600 g/mol. The molecule has 0 N–H and O–H groups in total. The molecule has 0 amide bonds. The summed E-state index contributed by atoms with van der Waals surface area (Å²) in [6, 6.07) is 94.6. The van der Waals surface area contributed by atoms with Crippen molar-refractivity contribution in [1.82, 2.24) is 19.8 Å². The molecule has 0 aliphatic carbocycles. The number of para-hydroxylation sites is 8. The first kappa shape index (κ1) is 85.5. The molecule has 4 aliphatic heterocycles. The molecule has 10 heterocycles. The van der Waals surface area contributed by atoms with Crippen molar-refractivity contribution in [2.45, 2.75) is 199 Å². The van der Waals surface area contributed by atoms with Gasteiger partial charge in [-0.3, -0.25) is 0 Å². The number of hydrogen-bond donors (Lipinski definition) is 0. The minimum absolute atomic E-state index is 0.122. The quantitative estimate of drug-likeness (QED) is 0.116. The predicted molar refractivity (Wildman–Crippen MR) is 543 cm³/mol. The molecule has 0 fully saturated rings. The van der Waals surface area contributed by atoms with Crippen molar-refractivity contribution in [3.05, 3.63) is 370 Å². The third-order valence-electron chi connectivity index (χ3n) is 28.4. The van der Waals surface area contributed by atoms with Crippen LogP contribution in [0.4, 0.5) is 45.5 Å². The molecule has 0 unspecified atom stereocenters. The zero-order valence-electron chi connectivity index (χ0n) is 79.1. The van der Waals surface area contributed by atoms with Gasteiger partial charge < -0.3 is 56.9 Å². The Morgan fingerprint density at radius 2 is 0.608 bits per heavy atom. The van der Waals surface area contributed by atoms with Crippen molar-refractivity contribution in [3.63, 3.8) is 0 Å². The van der Waals surface area contributed by atoms with Crippen molar-refractivity contribution in [1.29, 1.82) is 0 Å². The van der Waals surface area contributed by atoms with E-state index in [1.807, 2.05) is 38.1 Å². The third kappa shape index (κ3) is 14.0. The molecule has 14 heteroatoms. The molecule has 130 heavy (non-hydrogen) atoms. The SMILES string of the molecule is Cc1ccc2c(n1)oc1c(N3C=CN(C(C)(C)c4ccccc4C)[C@@H]3C)c(C)ccc12.Cc1ccc2c(n1)oc1ccc(C)c(C(C)(C)N3c4ccccc4N(c4ccccc4C)[C@H]3C)c12.Cc1ccccc1C(C)(C)N1C=CN(c2c(C)ccc3c2oc2ccccc23)[C@H]1C.Cc1ccccc1N1c2ccccc2N(C(C)(C)c2c(C)ccc3oc4ccccc4c23)[C@@H]1C. The maximum absolute atomic E-state index is 6.36. The standard InChI is InChI=1S/C31H31N3O.C31H30N2O.C27H29N3O.C27H28N2O/c1-19-11-7-8-12-24(19)33-22(4)34(26-14-10-9-13-25(26)33)31(5,6)29-20(2)15-18-27-28(29)23-17-16-21(3)32-30(23)35-27;1-20-12-6-8-14-24(20)32-22(3)33(26-16-10-9-15-25(26)32)31(4,5)30-21(2)18-19-28-29(30)23-13-7-11-17-27(23)34-28;1-17-9-7-8-10-23(17)27(5,6)30-16-15-29(20(30)4)24-18(2)11-13-21-22-14-12-19(3)28-26(22)31-25(21)24;1-18-10-6-8-12-23(18)27(4,5)29-17-16-28(20(29)3)25-19(2)14-15-22-21-11-7-9-13-24(21)30-26(22)25/h7-18,22H,1-6H3;6-19,22H,1-5H3;7-16,20H,1-6H3;6-17,20H,1-5H3/t2*22-;2*20-/m1111/s1. The summed E-state index contributed by atoms with van der Waals surface area (Å²) in [5.41, 5.74) is 33.2. The van der Waals surface area contributed by atoms with E-state index in [9.17, 15) is 0 Å². The second-order valence-corrected chi connectivity index (χ2v) is 38.1. The second-order valence-electron chi connectivity index (χ2n) is 38.1. The normalized spacial score (nSPS) is 16.4. The predicted octanol–water partition coefficient (Wildman–Crippen LogP) is 30.4. The molecule has 4 atom stereocenters. The fourth-order valence-electron chi connectivity index (χ4n) is 22.4. The van der Waals surface area contributed by atoms with Crippen LogP contribution in [-0.2, 0) is 22.2 Å². The van der Waals surface area contributed by atoms with Gasteiger partial charge in [0.2, 0.25) is 11.4 Å². The number of hydrogen-bond acceptors (Lipinski definition) is 14. The maximum atomic E-state index is 6.36. The monoisotopic (exact) mass is 1710 g/mol. The van der Waals surface area contributed by atoms with Gasteiger partial charge in [0.15, 0.2) is 11.2 Å². The molecule has 18 aromatic rings. The van der Waals surface area contributed by atoms with Crippen molar-refractivity contribution in [3.8, 4) is 0 Å². The topological polar surface area (TPSA) is 104 Å². The van der Waals surface area contributed by atoms with E-state index < -0.39 is 0 Å². The minimum Gasteiger partial charge on any atom is -0.456 e. The average Bonchev–Trinajstić information content (AvgIpc) is 1.53. The van der Waals surface area contributed by atoms with Gasteiger partial charge in [0.1, 0.15) is 47.0 Å². The highest BCUT2D eigenvalue weighted by Gasteiger charge is 2.48. The Hall–Kier alpha value is -14.0. The van der Waals surface area contributed by atoms with E-state index in [1.54, 1.807) is 0 Å². The second kappa shape index (κ2) is 32.6. The Kier molecular flexibility index (Phi) is 21.5. The molecule has 0 saturated carbocycles. The average molecular weight is 1720 g/mol. The van der Waals surface area contributed by atoms with Gasteiger partial charge in [0, 0.05) is 90.7 Å². The van der Waals surface area contributed by atoms with Crippen LogP contribution in [0.25, 0.3) is 88.0 Å². The van der Waals surface area contributed by atoms with E-state index in [4.69, 9.17) is 17.7 Å². The Morgan fingerprint density at radius 1 is 0.254 bits per heavy atom. The summed E-state index contributed by atoms with van der Waals surface area (Å²) in [6.07, 6.45) is 9.37. The summed E-state index contributed by atoms with van der Waals surface area (Å²) in [5.74, 6) is 0. The summed E-state index contributed by atoms with van der Waals surface area (Å²) in [5, 5.41) is 9.16. The lowest BCUT2D eigenvalue weighted by molar-refractivity contribution is 0.152. The molecule has 0 radical (unpaired) electrons. The first-order valence-corrected chi connectivity index (χ1v) is 45.9. The summed E-state index contributed by atoms with van der Waals surface area (Å²) < 4.78 is 25.2. The molecule has 4 aliphatic rings. The van der Waals surface area contributed by atoms with Crippen molar-refractivity contribution < 1.29 is 17.7 Å². The number of aromatic nitrogens is 2. The highest BCUT2D eigenvalue weighted by molar-refractivity contribution is 6.12. The number of pyridine rings is 2. The molecule has 6 aromatic heterocycles. The lowest BCUT2D eigenvalue weighted by Crippen LogP contribution is -2.49. The Labute approximate surface area is 764 Å². The number of fused-ring (bicyclic) bond motifs is 14. The molecule has 22 rings (SSSR count). The zero-order chi connectivity index (χ0) is 91.1. The van der Waals surface area contributed by atoms with Crippen LogP contribution in [0, 0.1) is 69.2 Å². The lowest BCUT2D eigenvalue weighted by atomic mass is 9.84. The Morgan fingerprint density at radius 3 is 1.08 bits per heavy atom. The van der Waals surface area contributed by atoms with Crippen LogP contribution in [0.1, 0.15) is 161 Å². The van der Waals surface area contributed by atoms with E-state index in [0.29, 0.717) is 11.4 Å². The zero-order valence-corrected chi connectivity index (χ0v) is 79.1. The van der Waals surface area contributed by atoms with Gasteiger partial charge in [-0.1, -0.05) is 182 Å². The van der Waals surface area contributed by atoms with Crippen LogP contribution < -0.4 is 29.4 Å². The van der Waals surface area contributed by atoms with Crippen LogP contribution in [0.5, 0.6) is 0 Å². The third-order valence-corrected chi connectivity index (χ3v) is 28.4. The van der Waals surface area contributed by atoms with Crippen LogP contribution in [0.2, 0.25) is 0 Å². The van der Waals surface area contributed by atoms with Crippen molar-refractivity contribution >= 4 is 134 Å². The highest BCUT2D eigenvalue weighted by atomic mass is 16.3. The summed E-state index contributed by atoms with van der Waals surface area (Å²) >= 11 is 0. The maximum Gasteiger partial charge on any atom is 0.227 e. The Bertz CT molecular complexity index is 7520. The van der Waals surface area contributed by atoms with Crippen LogP contribution in [0.3, 0.4) is 0 Å². The molecule has 656 valence electrons. The fourth-order valence-corrected chi connectivity index (χ4v) is 22.4. The highest BCUT2D eigenvalue weighted by Crippen LogP contribution is 2.56. The fraction of sp³-hybridized carbons (Fsp3) is 0.259. The van der Waals surface area contributed by atoms with Crippen molar-refractivity contribution in [2.24, 2.45) is 0 Å². The smallest absolute Gasteiger partial charge is 0.227 e. The van der Waals surface area contributed by atoms with Gasteiger partial charge in [-0.05, 0) is 304 Å². The van der Waals surface area contributed by atoms with Crippen LogP contribution in [0.15, 0.2) is 309 Å². The van der Waals surface area contributed by atoms with Crippen molar-refractivity contribution in [2.75, 3.05) is 29.4 Å². The first-order valence-electron chi connectivity index (χ1n) is 45.9. The summed E-state index contributed by atoms with van der Waals surface area (Å²) in [4.78, 5) is 29.0. The molecular formula is C116H118N10O4. The van der Waals surface area contributed by atoms with E-state index in [-0.39, 0.29) is 46.8 Å². The van der Waals surface area contributed by atoms with E-state index >= 15 is 0 Å². The summed E-state index contributed by atoms with van der Waals surface area (Å²) in [6.45, 7) is 49.2. The Balaban J connectivity index is 0.000000113. The van der Waals surface area contributed by atoms with Gasteiger partial charge in [0.05, 0.1) is 56.3 Å². The van der Waals surface area contributed by atoms with Gasteiger partial charge >= 0.3 is 0 Å². The first-order chi connectivity index (χ1) is 62.4. The molecule has 12 aromatic carbocycles. The minimum atomic E-state index is -0.321. The van der Waals surface area contributed by atoms with Gasteiger partial charge in [-0.25, -0.2) is 9.97 Å². The molecule has 0 bridgehead atoms. The number of benzene rings is 12. The number of aryl methyl sites for hydroxylation is 10. The van der Waals surface area contributed by atoms with E-state index in [1.165, 1.54) is 122 Å². The lowest BCUT2D eigenvalue weighted by Gasteiger charge is -2.43. The number of furan rings is 4. The number of rotatable bonds is 12. The number of anilines is 8. The summed E-state index contributed by atoms with van der Waals surface area (Å²) in [7, 11) is 0. The molecule has 14 nitrogen and oxygen atoms in total. The number of nitrogens with zero attached hydrogens (tertiary/aromatic N) is 10. The van der Waals surface area contributed by atoms with E-state index in [0.717, 1.165) is 77.8 Å². The van der Waals surface area contributed by atoms with E-state index in [2.05, 4.69) is 455 Å².